The van der Waals surface area contributed by atoms with Crippen LogP contribution in [0, 0.1) is 13.8 Å². The van der Waals surface area contributed by atoms with Gasteiger partial charge < -0.3 is 5.32 Å². The Morgan fingerprint density at radius 2 is 1.82 bits per heavy atom. The van der Waals surface area contributed by atoms with E-state index in [0.29, 0.717) is 5.75 Å². The molecule has 0 aliphatic rings. The largest absolute Gasteiger partial charge is 0.323 e. The zero-order valence-corrected chi connectivity index (χ0v) is 16.5. The lowest BCUT2D eigenvalue weighted by molar-refractivity contribution is -0.113. The van der Waals surface area contributed by atoms with E-state index in [0.717, 1.165) is 38.6 Å². The summed E-state index contributed by atoms with van der Waals surface area (Å²) in [6, 6.07) is 19.7. The van der Waals surface area contributed by atoms with Gasteiger partial charge in [-0.05, 0) is 38.1 Å². The lowest BCUT2D eigenvalue weighted by Crippen LogP contribution is -2.14. The number of benzene rings is 2. The van der Waals surface area contributed by atoms with Gasteiger partial charge in [0.25, 0.3) is 0 Å². The third-order valence-corrected chi connectivity index (χ3v) is 5.77. The first kappa shape index (κ1) is 18.3. The summed E-state index contributed by atoms with van der Waals surface area (Å²) in [4.78, 5) is 18.0. The molecule has 0 aliphatic carbocycles. The van der Waals surface area contributed by atoms with Crippen LogP contribution in [0.2, 0.25) is 0 Å². The molecule has 0 aliphatic heterocycles. The molecule has 0 fully saturated rings. The minimum Gasteiger partial charge on any atom is -0.323 e. The highest BCUT2D eigenvalue weighted by atomic mass is 32.2. The molecule has 2 aromatic heterocycles. The highest BCUT2D eigenvalue weighted by molar-refractivity contribution is 8.00. The number of nitrogens with zero attached hydrogens (tertiary/aromatic N) is 3. The topological polar surface area (TPSA) is 59.8 Å². The smallest absolute Gasteiger partial charge is 0.234 e. The molecule has 140 valence electrons. The van der Waals surface area contributed by atoms with Crippen molar-refractivity contribution in [1.29, 1.82) is 0 Å². The number of carbonyl (C=O) groups excluding carboxylic acids is 1. The molecule has 0 saturated carbocycles. The SMILES string of the molecule is Cc1nn(-c2ccccc2)c(C)c1SCC(=O)Nc1cccc2cccnc12. The van der Waals surface area contributed by atoms with Gasteiger partial charge in [-0.3, -0.25) is 9.78 Å². The van der Waals surface area contributed by atoms with Gasteiger partial charge in [0.15, 0.2) is 0 Å². The molecule has 0 bridgehead atoms. The van der Waals surface area contributed by atoms with E-state index in [1.165, 1.54) is 11.8 Å². The summed E-state index contributed by atoms with van der Waals surface area (Å²) in [7, 11) is 0. The van der Waals surface area contributed by atoms with Crippen molar-refractivity contribution in [2.45, 2.75) is 18.7 Å². The number of hydrogen-bond donors (Lipinski definition) is 1. The Hall–Kier alpha value is -3.12. The normalized spacial score (nSPS) is 10.9. The Labute approximate surface area is 167 Å². The Morgan fingerprint density at radius 3 is 2.64 bits per heavy atom. The van der Waals surface area contributed by atoms with Crippen molar-refractivity contribution < 1.29 is 4.79 Å². The number of thioether (sulfide) groups is 1. The number of para-hydroxylation sites is 2. The van der Waals surface area contributed by atoms with Crippen LogP contribution < -0.4 is 5.32 Å². The maximum Gasteiger partial charge on any atom is 0.234 e. The molecular formula is C22H20N4OS. The fourth-order valence-corrected chi connectivity index (χ4v) is 4.08. The summed E-state index contributed by atoms with van der Waals surface area (Å²) in [5.41, 5.74) is 4.50. The molecule has 0 saturated heterocycles. The molecule has 0 atom stereocenters. The Kier molecular flexibility index (Phi) is 5.12. The standard InChI is InChI=1S/C22H20N4OS/c1-15-22(16(2)26(25-15)18-10-4-3-5-11-18)28-14-20(27)24-19-12-6-8-17-9-7-13-23-21(17)19/h3-13H,14H2,1-2H3,(H,24,27). The molecule has 2 heterocycles. The maximum absolute atomic E-state index is 12.5. The number of fused-ring (bicyclic) bond motifs is 1. The Balaban J connectivity index is 1.49. The van der Waals surface area contributed by atoms with Crippen LogP contribution in [0.3, 0.4) is 0 Å². The van der Waals surface area contributed by atoms with Gasteiger partial charge in [-0.25, -0.2) is 4.68 Å². The number of aromatic nitrogens is 3. The van der Waals surface area contributed by atoms with Crippen molar-refractivity contribution in [1.82, 2.24) is 14.8 Å². The zero-order chi connectivity index (χ0) is 19.5. The van der Waals surface area contributed by atoms with Crippen molar-refractivity contribution in [3.05, 3.63) is 78.2 Å². The molecule has 28 heavy (non-hydrogen) atoms. The molecular weight excluding hydrogens is 368 g/mol. The van der Waals surface area contributed by atoms with E-state index in [9.17, 15) is 4.79 Å². The fraction of sp³-hybridized carbons (Fsp3) is 0.136. The monoisotopic (exact) mass is 388 g/mol. The molecule has 5 nitrogen and oxygen atoms in total. The third-order valence-electron chi connectivity index (χ3n) is 4.48. The second kappa shape index (κ2) is 7.86. The first-order chi connectivity index (χ1) is 13.6. The second-order valence-corrected chi connectivity index (χ2v) is 7.45. The highest BCUT2D eigenvalue weighted by Crippen LogP contribution is 2.28. The molecule has 4 aromatic rings. The van der Waals surface area contributed by atoms with Crippen LogP contribution in [0.1, 0.15) is 11.4 Å². The predicted octanol–water partition coefficient (Wildman–Crippen LogP) is 4.77. The molecule has 4 rings (SSSR count). The van der Waals surface area contributed by atoms with Crippen molar-refractivity contribution in [2.24, 2.45) is 0 Å². The van der Waals surface area contributed by atoms with Gasteiger partial charge in [0, 0.05) is 11.6 Å². The molecule has 2 aromatic carbocycles. The van der Waals surface area contributed by atoms with Crippen LogP contribution in [0.25, 0.3) is 16.6 Å². The number of nitrogens with one attached hydrogen (secondary N) is 1. The van der Waals surface area contributed by atoms with Crippen LogP contribution in [0.15, 0.2) is 71.8 Å². The molecule has 6 heteroatoms. The highest BCUT2D eigenvalue weighted by Gasteiger charge is 2.15. The lowest BCUT2D eigenvalue weighted by Gasteiger charge is -2.08. The van der Waals surface area contributed by atoms with E-state index in [1.807, 2.05) is 79.2 Å². The quantitative estimate of drug-likeness (QED) is 0.501. The summed E-state index contributed by atoms with van der Waals surface area (Å²) in [5, 5.41) is 8.62. The second-order valence-electron chi connectivity index (χ2n) is 6.46. The fourth-order valence-electron chi connectivity index (χ4n) is 3.19. The van der Waals surface area contributed by atoms with E-state index < -0.39 is 0 Å². The lowest BCUT2D eigenvalue weighted by atomic mass is 10.2. The van der Waals surface area contributed by atoms with E-state index in [-0.39, 0.29) is 5.91 Å². The zero-order valence-electron chi connectivity index (χ0n) is 15.7. The van der Waals surface area contributed by atoms with Crippen molar-refractivity contribution in [2.75, 3.05) is 11.1 Å². The maximum atomic E-state index is 12.5. The van der Waals surface area contributed by atoms with Crippen molar-refractivity contribution in [3.8, 4) is 5.69 Å². The number of anilines is 1. The van der Waals surface area contributed by atoms with Crippen molar-refractivity contribution in [3.63, 3.8) is 0 Å². The number of pyridine rings is 1. The van der Waals surface area contributed by atoms with Crippen LogP contribution in [-0.4, -0.2) is 26.4 Å². The van der Waals surface area contributed by atoms with Gasteiger partial charge in [0.05, 0.1) is 38.9 Å². The molecule has 1 amide bonds. The van der Waals surface area contributed by atoms with Gasteiger partial charge in [0.2, 0.25) is 5.91 Å². The third kappa shape index (κ3) is 3.64. The summed E-state index contributed by atoms with van der Waals surface area (Å²) in [6.07, 6.45) is 1.73. The summed E-state index contributed by atoms with van der Waals surface area (Å²) in [5.74, 6) is 0.250. The molecule has 0 unspecified atom stereocenters. The number of amides is 1. The summed E-state index contributed by atoms with van der Waals surface area (Å²) >= 11 is 1.51. The van der Waals surface area contributed by atoms with Crippen LogP contribution in [-0.2, 0) is 4.79 Å². The predicted molar refractivity (Wildman–Crippen MR) is 114 cm³/mol. The van der Waals surface area contributed by atoms with Crippen molar-refractivity contribution >= 4 is 34.3 Å². The first-order valence-corrected chi connectivity index (χ1v) is 10.00. The Morgan fingerprint density at radius 1 is 1.04 bits per heavy atom. The van der Waals surface area contributed by atoms with E-state index in [2.05, 4.69) is 15.4 Å². The number of rotatable bonds is 5. The van der Waals surface area contributed by atoms with Crippen LogP contribution >= 0.6 is 11.8 Å². The minimum absolute atomic E-state index is 0.0607. The van der Waals surface area contributed by atoms with Gasteiger partial charge >= 0.3 is 0 Å². The molecule has 0 spiro atoms. The van der Waals surface area contributed by atoms with Gasteiger partial charge in [0.1, 0.15) is 0 Å². The number of carbonyl (C=O) groups is 1. The molecule has 1 N–H and O–H groups in total. The van der Waals surface area contributed by atoms with Gasteiger partial charge in [-0.15, -0.1) is 11.8 Å². The van der Waals surface area contributed by atoms with Crippen LogP contribution in [0.5, 0.6) is 0 Å². The summed E-state index contributed by atoms with van der Waals surface area (Å²) in [6.45, 7) is 4.00. The van der Waals surface area contributed by atoms with Gasteiger partial charge in [-0.2, -0.15) is 5.10 Å². The average Bonchev–Trinajstić information content (AvgIpc) is 3.01. The average molecular weight is 388 g/mol. The number of hydrogen-bond acceptors (Lipinski definition) is 4. The minimum atomic E-state index is -0.0607. The Bertz CT molecular complexity index is 1130. The molecule has 0 radical (unpaired) electrons. The van der Waals surface area contributed by atoms with E-state index >= 15 is 0 Å². The van der Waals surface area contributed by atoms with Crippen LogP contribution in [0.4, 0.5) is 5.69 Å². The summed E-state index contributed by atoms with van der Waals surface area (Å²) < 4.78 is 1.92. The van der Waals surface area contributed by atoms with E-state index in [1.54, 1.807) is 6.20 Å². The van der Waals surface area contributed by atoms with Gasteiger partial charge in [-0.1, -0.05) is 36.4 Å². The van der Waals surface area contributed by atoms with E-state index in [4.69, 9.17) is 0 Å². The first-order valence-electron chi connectivity index (χ1n) is 9.01. The number of aryl methyl sites for hydroxylation is 1.